The lowest BCUT2D eigenvalue weighted by Gasteiger charge is -2.23. The summed E-state index contributed by atoms with van der Waals surface area (Å²) in [5.41, 5.74) is 0.919. The van der Waals surface area contributed by atoms with Crippen LogP contribution in [-0.4, -0.2) is 45.5 Å². The van der Waals surface area contributed by atoms with Gasteiger partial charge in [-0.1, -0.05) is 0 Å². The van der Waals surface area contributed by atoms with Gasteiger partial charge >= 0.3 is 5.97 Å². The van der Waals surface area contributed by atoms with E-state index < -0.39 is 17.4 Å². The van der Waals surface area contributed by atoms with E-state index in [0.717, 1.165) is 11.3 Å². The van der Waals surface area contributed by atoms with E-state index in [-0.39, 0.29) is 13.0 Å². The van der Waals surface area contributed by atoms with Crippen LogP contribution < -0.4 is 5.32 Å². The number of aryl methyl sites for hydroxylation is 1. The van der Waals surface area contributed by atoms with Crippen LogP contribution in [0.5, 0.6) is 0 Å². The average molecular weight is 315 g/mol. The zero-order chi connectivity index (χ0) is 16.4. The second-order valence-corrected chi connectivity index (χ2v) is 5.65. The molecule has 7 heteroatoms. The molecule has 0 radical (unpaired) electrons. The van der Waals surface area contributed by atoms with Crippen molar-refractivity contribution in [1.82, 2.24) is 15.1 Å². The minimum absolute atomic E-state index is 0.0152. The Morgan fingerprint density at radius 3 is 2.61 bits per heavy atom. The first kappa shape index (κ1) is 15.2. The highest BCUT2D eigenvalue weighted by atomic mass is 16.5. The van der Waals surface area contributed by atoms with E-state index >= 15 is 0 Å². The lowest BCUT2D eigenvalue weighted by molar-refractivity contribution is -0.144. The number of carbonyl (C=O) groups is 2. The zero-order valence-electron chi connectivity index (χ0n) is 12.7. The van der Waals surface area contributed by atoms with Crippen LogP contribution in [-0.2, 0) is 9.53 Å². The molecule has 1 aliphatic heterocycles. The van der Waals surface area contributed by atoms with Crippen LogP contribution in [0.3, 0.4) is 0 Å². The van der Waals surface area contributed by atoms with Gasteiger partial charge in [-0.05, 0) is 36.8 Å². The fraction of sp³-hybridized carbons (Fsp3) is 0.312. The fourth-order valence-corrected chi connectivity index (χ4v) is 2.49. The van der Waals surface area contributed by atoms with E-state index in [9.17, 15) is 14.7 Å². The quantitative estimate of drug-likeness (QED) is 0.883. The Balaban J connectivity index is 1.76. The molecule has 1 amide bonds. The van der Waals surface area contributed by atoms with Crippen molar-refractivity contribution in [3.8, 4) is 5.69 Å². The number of aliphatic carboxylic acids is 1. The molecule has 1 unspecified atom stereocenters. The maximum absolute atomic E-state index is 12.3. The molecule has 1 aliphatic rings. The Kier molecular flexibility index (Phi) is 3.87. The summed E-state index contributed by atoms with van der Waals surface area (Å²) >= 11 is 0. The number of rotatable bonds is 4. The number of amides is 1. The monoisotopic (exact) mass is 315 g/mol. The number of benzene rings is 1. The van der Waals surface area contributed by atoms with Gasteiger partial charge in [0.1, 0.15) is 0 Å². The summed E-state index contributed by atoms with van der Waals surface area (Å²) in [5, 5.41) is 16.1. The lowest BCUT2D eigenvalue weighted by atomic mass is 9.98. The van der Waals surface area contributed by atoms with Gasteiger partial charge in [0.25, 0.3) is 5.91 Å². The standard InChI is InChI=1S/C16H17N3O4/c1-11-8-17-19(9-11)13-4-2-12(3-5-13)14(20)18-16(15(21)22)6-7-23-10-16/h2-5,8-9H,6-7,10H2,1H3,(H,18,20)(H,21,22). The minimum atomic E-state index is -1.34. The predicted molar refractivity (Wildman–Crippen MR) is 81.6 cm³/mol. The number of carboxylic acids is 1. The fourth-order valence-electron chi connectivity index (χ4n) is 2.49. The highest BCUT2D eigenvalue weighted by Crippen LogP contribution is 2.20. The van der Waals surface area contributed by atoms with Crippen molar-refractivity contribution >= 4 is 11.9 Å². The highest BCUT2D eigenvalue weighted by molar-refractivity contribution is 5.98. The number of carbonyl (C=O) groups excluding carboxylic acids is 1. The molecule has 1 fully saturated rings. The van der Waals surface area contributed by atoms with Gasteiger partial charge in [-0.2, -0.15) is 5.10 Å². The van der Waals surface area contributed by atoms with Crippen LogP contribution in [0.25, 0.3) is 5.69 Å². The first-order valence-corrected chi connectivity index (χ1v) is 7.26. The van der Waals surface area contributed by atoms with E-state index in [2.05, 4.69) is 10.4 Å². The van der Waals surface area contributed by atoms with Gasteiger partial charge in [-0.15, -0.1) is 0 Å². The number of nitrogens with zero attached hydrogens (tertiary/aromatic N) is 2. The summed E-state index contributed by atoms with van der Waals surface area (Å²) in [6.07, 6.45) is 3.89. The average Bonchev–Trinajstić information content (AvgIpc) is 3.17. The summed E-state index contributed by atoms with van der Waals surface area (Å²) in [6.45, 7) is 2.25. The molecular formula is C16H17N3O4. The first-order valence-electron chi connectivity index (χ1n) is 7.26. The van der Waals surface area contributed by atoms with Gasteiger partial charge in [0.05, 0.1) is 18.5 Å². The molecule has 120 valence electrons. The van der Waals surface area contributed by atoms with E-state index in [1.54, 1.807) is 35.1 Å². The number of ether oxygens (including phenoxy) is 1. The van der Waals surface area contributed by atoms with Gasteiger partial charge in [-0.25, -0.2) is 9.48 Å². The number of nitrogens with one attached hydrogen (secondary N) is 1. The Hall–Kier alpha value is -2.67. The minimum Gasteiger partial charge on any atom is -0.479 e. The van der Waals surface area contributed by atoms with E-state index in [1.165, 1.54) is 0 Å². The molecule has 1 aromatic heterocycles. The molecular weight excluding hydrogens is 298 g/mol. The van der Waals surface area contributed by atoms with Gasteiger partial charge in [0, 0.05) is 24.8 Å². The molecule has 2 heterocycles. The molecule has 1 atom stereocenters. The van der Waals surface area contributed by atoms with Crippen molar-refractivity contribution < 1.29 is 19.4 Å². The second kappa shape index (κ2) is 5.85. The number of aromatic nitrogens is 2. The van der Waals surface area contributed by atoms with Crippen LogP contribution in [0.4, 0.5) is 0 Å². The largest absolute Gasteiger partial charge is 0.479 e. The molecule has 3 rings (SSSR count). The molecule has 0 saturated carbocycles. The molecule has 0 aliphatic carbocycles. The third kappa shape index (κ3) is 2.95. The molecule has 0 spiro atoms. The summed E-state index contributed by atoms with van der Waals surface area (Å²) in [5.74, 6) is -1.51. The van der Waals surface area contributed by atoms with Crippen LogP contribution in [0.2, 0.25) is 0 Å². The topological polar surface area (TPSA) is 93.5 Å². The molecule has 23 heavy (non-hydrogen) atoms. The number of hydrogen-bond acceptors (Lipinski definition) is 4. The second-order valence-electron chi connectivity index (χ2n) is 5.65. The summed E-state index contributed by atoms with van der Waals surface area (Å²) in [4.78, 5) is 23.7. The third-order valence-electron chi connectivity index (χ3n) is 3.89. The highest BCUT2D eigenvalue weighted by Gasteiger charge is 2.44. The van der Waals surface area contributed by atoms with E-state index in [0.29, 0.717) is 12.2 Å². The Morgan fingerprint density at radius 2 is 2.09 bits per heavy atom. The summed E-state index contributed by atoms with van der Waals surface area (Å²) in [6, 6.07) is 6.82. The van der Waals surface area contributed by atoms with Crippen LogP contribution in [0.1, 0.15) is 22.3 Å². The third-order valence-corrected chi connectivity index (χ3v) is 3.89. The number of hydrogen-bond donors (Lipinski definition) is 2. The lowest BCUT2D eigenvalue weighted by Crippen LogP contribution is -2.55. The van der Waals surface area contributed by atoms with Gasteiger partial charge < -0.3 is 15.2 Å². The van der Waals surface area contributed by atoms with Crippen molar-refractivity contribution in [1.29, 1.82) is 0 Å². The van der Waals surface area contributed by atoms with E-state index in [1.807, 2.05) is 13.1 Å². The van der Waals surface area contributed by atoms with Crippen LogP contribution >= 0.6 is 0 Å². The van der Waals surface area contributed by atoms with Crippen LogP contribution in [0, 0.1) is 6.92 Å². The Morgan fingerprint density at radius 1 is 1.35 bits per heavy atom. The molecule has 1 aromatic carbocycles. The van der Waals surface area contributed by atoms with Crippen molar-refractivity contribution in [3.63, 3.8) is 0 Å². The first-order chi connectivity index (χ1) is 11.0. The van der Waals surface area contributed by atoms with Gasteiger partial charge in [0.2, 0.25) is 0 Å². The maximum Gasteiger partial charge on any atom is 0.331 e. The Labute approximate surface area is 132 Å². The molecule has 0 bridgehead atoms. The number of carboxylic acid groups (broad SMARTS) is 1. The van der Waals surface area contributed by atoms with Crippen molar-refractivity contribution in [3.05, 3.63) is 47.8 Å². The Bertz CT molecular complexity index is 730. The van der Waals surface area contributed by atoms with Crippen molar-refractivity contribution in [2.45, 2.75) is 18.9 Å². The SMILES string of the molecule is Cc1cnn(-c2ccc(C(=O)NC3(C(=O)O)CCOC3)cc2)c1. The normalized spacial score (nSPS) is 20.4. The zero-order valence-corrected chi connectivity index (χ0v) is 12.7. The van der Waals surface area contributed by atoms with Crippen LogP contribution in [0.15, 0.2) is 36.7 Å². The molecule has 2 aromatic rings. The van der Waals surface area contributed by atoms with Crippen molar-refractivity contribution in [2.75, 3.05) is 13.2 Å². The molecule has 1 saturated heterocycles. The van der Waals surface area contributed by atoms with Crippen molar-refractivity contribution in [2.24, 2.45) is 0 Å². The van der Waals surface area contributed by atoms with Gasteiger partial charge in [0.15, 0.2) is 5.54 Å². The molecule has 7 nitrogen and oxygen atoms in total. The smallest absolute Gasteiger partial charge is 0.331 e. The summed E-state index contributed by atoms with van der Waals surface area (Å²) < 4.78 is 6.84. The predicted octanol–water partition coefficient (Wildman–Crippen LogP) is 1.15. The maximum atomic E-state index is 12.3. The molecule has 2 N–H and O–H groups in total. The summed E-state index contributed by atoms with van der Waals surface area (Å²) in [7, 11) is 0. The van der Waals surface area contributed by atoms with E-state index in [4.69, 9.17) is 4.74 Å². The van der Waals surface area contributed by atoms with Gasteiger partial charge in [-0.3, -0.25) is 4.79 Å².